The van der Waals surface area contributed by atoms with Gasteiger partial charge in [-0.15, -0.1) is 0 Å². The molecule has 0 unspecified atom stereocenters. The fourth-order valence-corrected chi connectivity index (χ4v) is 3.43. The van der Waals surface area contributed by atoms with Gasteiger partial charge in [0.2, 0.25) is 0 Å². The van der Waals surface area contributed by atoms with Gasteiger partial charge in [-0.1, -0.05) is 11.6 Å². The quantitative estimate of drug-likeness (QED) is 0.578. The Morgan fingerprint density at radius 3 is 2.61 bits per heavy atom. The zero-order chi connectivity index (χ0) is 20.4. The van der Waals surface area contributed by atoms with Crippen LogP contribution in [-0.4, -0.2) is 75.9 Å². The van der Waals surface area contributed by atoms with Crippen LogP contribution in [0.1, 0.15) is 25.3 Å². The number of halogens is 1. The summed E-state index contributed by atoms with van der Waals surface area (Å²) in [6, 6.07) is 3.43. The molecule has 1 aromatic carbocycles. The molecule has 1 saturated heterocycles. The second-order valence-electron chi connectivity index (χ2n) is 7.00. The first-order valence-electron chi connectivity index (χ1n) is 9.95. The molecule has 1 aromatic rings. The van der Waals surface area contributed by atoms with Gasteiger partial charge in [0.25, 0.3) is 0 Å². The van der Waals surface area contributed by atoms with Gasteiger partial charge in [0.05, 0.1) is 18.7 Å². The molecule has 1 heterocycles. The first kappa shape index (κ1) is 22.6. The van der Waals surface area contributed by atoms with Gasteiger partial charge in [-0.25, -0.2) is 4.79 Å². The van der Waals surface area contributed by atoms with Crippen LogP contribution in [0.3, 0.4) is 0 Å². The number of piperazine rings is 1. The second-order valence-corrected chi connectivity index (χ2v) is 7.41. The first-order chi connectivity index (χ1) is 13.5. The number of rotatable bonds is 10. The lowest BCUT2D eigenvalue weighted by Gasteiger charge is -2.32. The van der Waals surface area contributed by atoms with Gasteiger partial charge in [0, 0.05) is 39.3 Å². The van der Waals surface area contributed by atoms with Gasteiger partial charge in [-0.2, -0.15) is 0 Å². The predicted molar refractivity (Wildman–Crippen MR) is 113 cm³/mol. The van der Waals surface area contributed by atoms with Crippen LogP contribution in [0.2, 0.25) is 5.02 Å². The number of likely N-dealkylation sites (N-methyl/N-ethyl adjacent to an activating group) is 1. The number of carbonyl (C=O) groups excluding carboxylic acids is 1. The van der Waals surface area contributed by atoms with Crippen molar-refractivity contribution in [3.63, 3.8) is 0 Å². The molecule has 0 aliphatic carbocycles. The number of amides is 2. The third-order valence-electron chi connectivity index (χ3n) is 4.81. The van der Waals surface area contributed by atoms with Gasteiger partial charge in [0.1, 0.15) is 0 Å². The molecule has 0 saturated carbocycles. The first-order valence-corrected chi connectivity index (χ1v) is 10.3. The second kappa shape index (κ2) is 12.0. The van der Waals surface area contributed by atoms with Crippen molar-refractivity contribution in [2.45, 2.75) is 26.3 Å². The normalized spacial score (nSPS) is 15.3. The van der Waals surface area contributed by atoms with Crippen molar-refractivity contribution >= 4 is 17.6 Å². The van der Waals surface area contributed by atoms with Gasteiger partial charge in [-0.05, 0) is 51.1 Å². The topological polar surface area (TPSA) is 66.1 Å². The smallest absolute Gasteiger partial charge is 0.315 e. The van der Waals surface area contributed by atoms with Crippen molar-refractivity contribution in [1.29, 1.82) is 0 Å². The van der Waals surface area contributed by atoms with Crippen molar-refractivity contribution in [3.8, 4) is 11.5 Å². The Balaban J connectivity index is 1.65. The number of unbranched alkanes of at least 4 members (excludes halogenated alkanes) is 1. The highest BCUT2D eigenvalue weighted by Crippen LogP contribution is 2.36. The standard InChI is InChI=1S/C20H33ClN4O3/c1-4-28-19-17(21)13-16(14-18(19)27-3)15-23-20(26)22-7-5-6-8-25-11-9-24(2)10-12-25/h13-14H,4-12,15H2,1-3H3,(H2,22,23,26). The van der Waals surface area contributed by atoms with E-state index in [1.807, 2.05) is 13.0 Å². The van der Waals surface area contributed by atoms with Crippen molar-refractivity contribution < 1.29 is 14.3 Å². The summed E-state index contributed by atoms with van der Waals surface area (Å²) < 4.78 is 10.8. The van der Waals surface area contributed by atoms with E-state index in [9.17, 15) is 4.79 Å². The number of nitrogens with one attached hydrogen (secondary N) is 2. The summed E-state index contributed by atoms with van der Waals surface area (Å²) in [7, 11) is 3.73. The maximum Gasteiger partial charge on any atom is 0.315 e. The predicted octanol–water partition coefficient (Wildman–Crippen LogP) is 2.57. The number of nitrogens with zero attached hydrogens (tertiary/aromatic N) is 2. The molecule has 0 aromatic heterocycles. The molecule has 1 aliphatic heterocycles. The minimum absolute atomic E-state index is 0.177. The molecular weight excluding hydrogens is 380 g/mol. The molecule has 2 rings (SSSR count). The Morgan fingerprint density at radius 2 is 1.93 bits per heavy atom. The molecule has 1 aliphatic rings. The lowest BCUT2D eigenvalue weighted by atomic mass is 10.2. The molecule has 0 atom stereocenters. The SMILES string of the molecule is CCOc1c(Cl)cc(CNC(=O)NCCCCN2CCN(C)CC2)cc1OC. The molecule has 7 nitrogen and oxygen atoms in total. The average molecular weight is 413 g/mol. The molecule has 1 fully saturated rings. The fraction of sp³-hybridized carbons (Fsp3) is 0.650. The molecular formula is C20H33ClN4O3. The van der Waals surface area contributed by atoms with Gasteiger partial charge in [0.15, 0.2) is 11.5 Å². The fourth-order valence-electron chi connectivity index (χ4n) is 3.14. The number of benzene rings is 1. The van der Waals surface area contributed by atoms with E-state index in [-0.39, 0.29) is 6.03 Å². The van der Waals surface area contributed by atoms with E-state index in [0.29, 0.717) is 36.2 Å². The minimum Gasteiger partial charge on any atom is -0.493 e. The summed E-state index contributed by atoms with van der Waals surface area (Å²) in [5.74, 6) is 1.09. The third kappa shape index (κ3) is 7.37. The highest BCUT2D eigenvalue weighted by Gasteiger charge is 2.13. The van der Waals surface area contributed by atoms with E-state index in [0.717, 1.165) is 51.1 Å². The molecule has 0 bridgehead atoms. The summed E-state index contributed by atoms with van der Waals surface area (Å²) in [5.41, 5.74) is 0.857. The third-order valence-corrected chi connectivity index (χ3v) is 5.09. The van der Waals surface area contributed by atoms with Crippen molar-refractivity contribution in [2.24, 2.45) is 0 Å². The molecule has 0 radical (unpaired) electrons. The zero-order valence-corrected chi connectivity index (χ0v) is 18.0. The van der Waals surface area contributed by atoms with Crippen LogP contribution in [0.4, 0.5) is 4.79 Å². The number of urea groups is 1. The van der Waals surface area contributed by atoms with Gasteiger partial charge >= 0.3 is 6.03 Å². The van der Waals surface area contributed by atoms with E-state index in [1.165, 1.54) is 0 Å². The lowest BCUT2D eigenvalue weighted by Crippen LogP contribution is -2.44. The Morgan fingerprint density at radius 1 is 1.18 bits per heavy atom. The lowest BCUT2D eigenvalue weighted by molar-refractivity contribution is 0.152. The van der Waals surface area contributed by atoms with Gasteiger partial charge < -0.3 is 29.9 Å². The number of methoxy groups -OCH3 is 1. The molecule has 2 N–H and O–H groups in total. The van der Waals surface area contributed by atoms with Crippen molar-refractivity contribution in [1.82, 2.24) is 20.4 Å². The maximum atomic E-state index is 12.0. The summed E-state index contributed by atoms with van der Waals surface area (Å²) >= 11 is 6.26. The summed E-state index contributed by atoms with van der Waals surface area (Å²) in [6.07, 6.45) is 2.07. The molecule has 2 amide bonds. The Bertz CT molecular complexity index is 622. The van der Waals surface area contributed by atoms with Crippen LogP contribution < -0.4 is 20.1 Å². The van der Waals surface area contributed by atoms with Crippen LogP contribution >= 0.6 is 11.6 Å². The van der Waals surface area contributed by atoms with Gasteiger partial charge in [-0.3, -0.25) is 0 Å². The maximum absolute atomic E-state index is 12.0. The highest BCUT2D eigenvalue weighted by atomic mass is 35.5. The van der Waals surface area contributed by atoms with Crippen molar-refractivity contribution in [3.05, 3.63) is 22.7 Å². The van der Waals surface area contributed by atoms with E-state index in [2.05, 4.69) is 27.5 Å². The number of hydrogen-bond acceptors (Lipinski definition) is 5. The number of ether oxygens (including phenoxy) is 2. The molecule has 158 valence electrons. The summed E-state index contributed by atoms with van der Waals surface area (Å²) in [5, 5.41) is 6.23. The van der Waals surface area contributed by atoms with Crippen LogP contribution in [-0.2, 0) is 6.54 Å². The van der Waals surface area contributed by atoms with Crippen LogP contribution in [0.5, 0.6) is 11.5 Å². The van der Waals surface area contributed by atoms with E-state index < -0.39 is 0 Å². The van der Waals surface area contributed by atoms with E-state index >= 15 is 0 Å². The Hall–Kier alpha value is -1.70. The molecule has 28 heavy (non-hydrogen) atoms. The van der Waals surface area contributed by atoms with Crippen LogP contribution in [0.15, 0.2) is 12.1 Å². The van der Waals surface area contributed by atoms with E-state index in [4.69, 9.17) is 21.1 Å². The average Bonchev–Trinajstić information content (AvgIpc) is 2.69. The molecule has 8 heteroatoms. The van der Waals surface area contributed by atoms with Crippen molar-refractivity contribution in [2.75, 3.05) is 60.0 Å². The number of carbonyl (C=O) groups is 1. The van der Waals surface area contributed by atoms with Crippen LogP contribution in [0.25, 0.3) is 0 Å². The highest BCUT2D eigenvalue weighted by molar-refractivity contribution is 6.32. The molecule has 0 spiro atoms. The van der Waals surface area contributed by atoms with E-state index in [1.54, 1.807) is 13.2 Å². The summed E-state index contributed by atoms with van der Waals surface area (Å²) in [4.78, 5) is 16.8. The Kier molecular flexibility index (Phi) is 9.67. The van der Waals surface area contributed by atoms with Crippen LogP contribution in [0, 0.1) is 0 Å². The monoisotopic (exact) mass is 412 g/mol. The largest absolute Gasteiger partial charge is 0.493 e. The zero-order valence-electron chi connectivity index (χ0n) is 17.2. The minimum atomic E-state index is -0.177. The Labute approximate surface area is 173 Å². The summed E-state index contributed by atoms with van der Waals surface area (Å²) in [6.45, 7) is 9.09. The number of hydrogen-bond donors (Lipinski definition) is 2.